The molecule has 4 nitrogen and oxygen atoms in total. The van der Waals surface area contributed by atoms with Crippen molar-refractivity contribution in [3.05, 3.63) is 0 Å². The second-order valence-corrected chi connectivity index (χ2v) is 3.61. The van der Waals surface area contributed by atoms with E-state index < -0.39 is 0 Å². The molecule has 1 aliphatic heterocycles. The second-order valence-electron chi connectivity index (χ2n) is 3.61. The quantitative estimate of drug-likeness (QED) is 0.679. The molecule has 4 heteroatoms. The fourth-order valence-electron chi connectivity index (χ4n) is 1.54. The zero-order valence-corrected chi connectivity index (χ0v) is 8.09. The third kappa shape index (κ3) is 3.05. The topological polar surface area (TPSA) is 58.2 Å². The first-order chi connectivity index (χ1) is 6.09. The van der Waals surface area contributed by atoms with E-state index in [1.807, 2.05) is 6.92 Å². The van der Waals surface area contributed by atoms with Crippen molar-refractivity contribution in [1.29, 1.82) is 0 Å². The Morgan fingerprint density at radius 1 is 1.46 bits per heavy atom. The van der Waals surface area contributed by atoms with E-state index in [4.69, 9.17) is 0 Å². The van der Waals surface area contributed by atoms with Gasteiger partial charge in [-0.05, 0) is 26.7 Å². The Kier molecular flexibility index (Phi) is 3.28. The lowest BCUT2D eigenvalue weighted by Crippen LogP contribution is -2.30. The molecule has 0 aliphatic carbocycles. The van der Waals surface area contributed by atoms with Gasteiger partial charge in [-0.15, -0.1) is 0 Å². The van der Waals surface area contributed by atoms with Crippen LogP contribution in [0.4, 0.5) is 4.79 Å². The van der Waals surface area contributed by atoms with Crippen LogP contribution in [0.5, 0.6) is 0 Å². The van der Waals surface area contributed by atoms with E-state index >= 15 is 0 Å². The summed E-state index contributed by atoms with van der Waals surface area (Å²) in [5, 5.41) is 5.59. The van der Waals surface area contributed by atoms with Crippen LogP contribution in [-0.2, 0) is 4.79 Å². The smallest absolute Gasteiger partial charge is 0.315 e. The van der Waals surface area contributed by atoms with Crippen molar-refractivity contribution in [1.82, 2.24) is 10.6 Å². The molecule has 2 N–H and O–H groups in total. The SMILES string of the molecule is CC(=O)CCCC1NC(=O)NC1C. The first kappa shape index (κ1) is 10.0. The molecule has 1 aliphatic rings. The molecule has 2 amide bonds. The number of nitrogens with one attached hydrogen (secondary N) is 2. The summed E-state index contributed by atoms with van der Waals surface area (Å²) in [6.07, 6.45) is 2.34. The number of carbonyl (C=O) groups is 2. The maximum absolute atomic E-state index is 10.9. The Bertz CT molecular complexity index is 216. The lowest BCUT2D eigenvalue weighted by Gasteiger charge is -2.12. The molecule has 0 aromatic heterocycles. The highest BCUT2D eigenvalue weighted by Crippen LogP contribution is 2.09. The van der Waals surface area contributed by atoms with Crippen LogP contribution in [0, 0.1) is 0 Å². The highest BCUT2D eigenvalue weighted by atomic mass is 16.2. The third-order valence-corrected chi connectivity index (χ3v) is 2.32. The molecule has 0 spiro atoms. The van der Waals surface area contributed by atoms with E-state index in [0.29, 0.717) is 6.42 Å². The van der Waals surface area contributed by atoms with Crippen LogP contribution in [0.3, 0.4) is 0 Å². The number of rotatable bonds is 4. The minimum Gasteiger partial charge on any atom is -0.334 e. The predicted octanol–water partition coefficient (Wildman–Crippen LogP) is 0.816. The van der Waals surface area contributed by atoms with Crippen molar-refractivity contribution in [3.63, 3.8) is 0 Å². The van der Waals surface area contributed by atoms with E-state index in [0.717, 1.165) is 12.8 Å². The highest BCUT2D eigenvalue weighted by molar-refractivity contribution is 5.77. The normalized spacial score (nSPS) is 26.8. The average molecular weight is 184 g/mol. The minimum absolute atomic E-state index is 0.0969. The van der Waals surface area contributed by atoms with E-state index in [2.05, 4.69) is 10.6 Å². The minimum atomic E-state index is -0.0969. The summed E-state index contributed by atoms with van der Waals surface area (Å²) in [7, 11) is 0. The molecule has 1 fully saturated rings. The molecular weight excluding hydrogens is 168 g/mol. The molecule has 0 aromatic rings. The van der Waals surface area contributed by atoms with Gasteiger partial charge in [0.25, 0.3) is 0 Å². The molecule has 1 saturated heterocycles. The molecule has 0 radical (unpaired) electrons. The van der Waals surface area contributed by atoms with Crippen LogP contribution in [0.15, 0.2) is 0 Å². The van der Waals surface area contributed by atoms with Gasteiger partial charge in [-0.2, -0.15) is 0 Å². The maximum atomic E-state index is 10.9. The molecule has 2 unspecified atom stereocenters. The Labute approximate surface area is 78.1 Å². The van der Waals surface area contributed by atoms with Crippen molar-refractivity contribution in [2.45, 2.75) is 45.2 Å². The molecule has 74 valence electrons. The van der Waals surface area contributed by atoms with Crippen LogP contribution in [0.25, 0.3) is 0 Å². The molecule has 13 heavy (non-hydrogen) atoms. The number of carbonyl (C=O) groups excluding carboxylic acids is 2. The zero-order valence-electron chi connectivity index (χ0n) is 8.09. The van der Waals surface area contributed by atoms with Crippen molar-refractivity contribution < 1.29 is 9.59 Å². The van der Waals surface area contributed by atoms with Crippen LogP contribution in [0.1, 0.15) is 33.1 Å². The Morgan fingerprint density at radius 2 is 2.15 bits per heavy atom. The fraction of sp³-hybridized carbons (Fsp3) is 0.778. The zero-order chi connectivity index (χ0) is 9.84. The van der Waals surface area contributed by atoms with E-state index in [1.54, 1.807) is 6.92 Å². The second kappa shape index (κ2) is 4.25. The summed E-state index contributed by atoms with van der Waals surface area (Å²) in [5.74, 6) is 0.213. The fourth-order valence-corrected chi connectivity index (χ4v) is 1.54. The monoisotopic (exact) mass is 184 g/mol. The highest BCUT2D eigenvalue weighted by Gasteiger charge is 2.26. The van der Waals surface area contributed by atoms with Crippen LogP contribution < -0.4 is 10.6 Å². The van der Waals surface area contributed by atoms with Crippen LogP contribution in [0.2, 0.25) is 0 Å². The van der Waals surface area contributed by atoms with Crippen molar-refractivity contribution in [2.24, 2.45) is 0 Å². The maximum Gasteiger partial charge on any atom is 0.315 e. The van der Waals surface area contributed by atoms with Gasteiger partial charge in [-0.1, -0.05) is 0 Å². The van der Waals surface area contributed by atoms with Gasteiger partial charge in [0.05, 0.1) is 6.04 Å². The molecule has 0 saturated carbocycles. The molecule has 1 rings (SSSR count). The van der Waals surface area contributed by atoms with Gasteiger partial charge in [-0.3, -0.25) is 0 Å². The summed E-state index contributed by atoms with van der Waals surface area (Å²) >= 11 is 0. The standard InChI is InChI=1S/C9H16N2O2/c1-6(12)4-3-5-8-7(2)10-9(13)11-8/h7-8H,3-5H2,1-2H3,(H2,10,11,13). The van der Waals surface area contributed by atoms with Gasteiger partial charge in [0.2, 0.25) is 0 Å². The van der Waals surface area contributed by atoms with Gasteiger partial charge in [0, 0.05) is 12.5 Å². The number of hydrogen-bond donors (Lipinski definition) is 2. The lowest BCUT2D eigenvalue weighted by molar-refractivity contribution is -0.117. The summed E-state index contributed by atoms with van der Waals surface area (Å²) in [6.45, 7) is 3.56. The Balaban J connectivity index is 2.21. The summed E-state index contributed by atoms with van der Waals surface area (Å²) in [4.78, 5) is 21.5. The van der Waals surface area contributed by atoms with Crippen molar-refractivity contribution >= 4 is 11.8 Å². The first-order valence-electron chi connectivity index (χ1n) is 4.66. The van der Waals surface area contributed by atoms with Gasteiger partial charge in [-0.25, -0.2) is 4.79 Å². The number of hydrogen-bond acceptors (Lipinski definition) is 2. The summed E-state index contributed by atoms with van der Waals surface area (Å²) in [5.41, 5.74) is 0. The van der Waals surface area contributed by atoms with Crippen LogP contribution in [-0.4, -0.2) is 23.9 Å². The summed E-state index contributed by atoms with van der Waals surface area (Å²) in [6, 6.07) is 0.270. The van der Waals surface area contributed by atoms with Gasteiger partial charge in [0.15, 0.2) is 0 Å². The number of Topliss-reactive ketones (excluding diaryl/α,β-unsaturated/α-hetero) is 1. The molecule has 0 bridgehead atoms. The van der Waals surface area contributed by atoms with Crippen molar-refractivity contribution in [2.75, 3.05) is 0 Å². The van der Waals surface area contributed by atoms with E-state index in [9.17, 15) is 9.59 Å². The molecular formula is C9H16N2O2. The Morgan fingerprint density at radius 3 is 2.62 bits per heavy atom. The van der Waals surface area contributed by atoms with Crippen molar-refractivity contribution in [3.8, 4) is 0 Å². The average Bonchev–Trinajstić information content (AvgIpc) is 2.29. The van der Waals surface area contributed by atoms with E-state index in [1.165, 1.54) is 0 Å². The number of urea groups is 1. The lowest BCUT2D eigenvalue weighted by atomic mass is 10.0. The predicted molar refractivity (Wildman–Crippen MR) is 49.4 cm³/mol. The van der Waals surface area contributed by atoms with E-state index in [-0.39, 0.29) is 23.9 Å². The molecule has 1 heterocycles. The van der Waals surface area contributed by atoms with Crippen LogP contribution >= 0.6 is 0 Å². The van der Waals surface area contributed by atoms with Gasteiger partial charge < -0.3 is 15.4 Å². The number of amides is 2. The third-order valence-electron chi connectivity index (χ3n) is 2.32. The summed E-state index contributed by atoms with van der Waals surface area (Å²) < 4.78 is 0. The van der Waals surface area contributed by atoms with Gasteiger partial charge in [0.1, 0.15) is 5.78 Å². The molecule has 0 aromatic carbocycles. The first-order valence-corrected chi connectivity index (χ1v) is 4.66. The largest absolute Gasteiger partial charge is 0.334 e. The van der Waals surface area contributed by atoms with Gasteiger partial charge >= 0.3 is 6.03 Å². The number of ketones is 1. The molecule has 2 atom stereocenters. The Hall–Kier alpha value is -1.06.